The predicted molar refractivity (Wildman–Crippen MR) is 79.5 cm³/mol. The SMILES string of the molecule is COC1CCN(CC(=O)NCC(C)C)C(CN)C1.Cl. The van der Waals surface area contributed by atoms with Crippen LogP contribution in [0.2, 0.25) is 0 Å². The number of nitrogens with one attached hydrogen (secondary N) is 1. The number of rotatable bonds is 6. The second-order valence-corrected chi connectivity index (χ2v) is 5.44. The normalized spacial score (nSPS) is 24.1. The van der Waals surface area contributed by atoms with Crippen molar-refractivity contribution in [2.75, 3.05) is 33.3 Å². The van der Waals surface area contributed by atoms with E-state index < -0.39 is 0 Å². The standard InChI is InChI=1S/C13H27N3O2.ClH/c1-10(2)8-15-13(17)9-16-5-4-12(18-3)6-11(16)7-14;/h10-12H,4-9,14H2,1-3H3,(H,15,17);1H. The lowest BCUT2D eigenvalue weighted by Gasteiger charge is -2.37. The van der Waals surface area contributed by atoms with Crippen LogP contribution in [0.5, 0.6) is 0 Å². The summed E-state index contributed by atoms with van der Waals surface area (Å²) < 4.78 is 5.37. The van der Waals surface area contributed by atoms with Crippen molar-refractivity contribution in [3.8, 4) is 0 Å². The zero-order chi connectivity index (χ0) is 13.5. The van der Waals surface area contributed by atoms with Gasteiger partial charge in [0.2, 0.25) is 5.91 Å². The van der Waals surface area contributed by atoms with Crippen molar-refractivity contribution in [3.63, 3.8) is 0 Å². The molecule has 3 N–H and O–H groups in total. The van der Waals surface area contributed by atoms with E-state index in [0.717, 1.165) is 25.9 Å². The van der Waals surface area contributed by atoms with Gasteiger partial charge in [-0.25, -0.2) is 0 Å². The van der Waals surface area contributed by atoms with Gasteiger partial charge < -0.3 is 15.8 Å². The Bertz CT molecular complexity index is 264. The van der Waals surface area contributed by atoms with E-state index in [1.54, 1.807) is 7.11 Å². The van der Waals surface area contributed by atoms with Gasteiger partial charge in [-0.1, -0.05) is 13.8 Å². The van der Waals surface area contributed by atoms with Crippen molar-refractivity contribution >= 4 is 18.3 Å². The third kappa shape index (κ3) is 6.56. The maximum atomic E-state index is 11.8. The summed E-state index contributed by atoms with van der Waals surface area (Å²) in [6, 6.07) is 0.258. The number of hydrogen-bond acceptors (Lipinski definition) is 4. The van der Waals surface area contributed by atoms with E-state index in [-0.39, 0.29) is 30.5 Å². The molecule has 6 heteroatoms. The number of nitrogens with two attached hydrogens (primary N) is 1. The van der Waals surface area contributed by atoms with Crippen LogP contribution in [0.25, 0.3) is 0 Å². The Hall–Kier alpha value is -0.360. The van der Waals surface area contributed by atoms with Crippen LogP contribution >= 0.6 is 12.4 Å². The smallest absolute Gasteiger partial charge is 0.234 e. The number of hydrogen-bond donors (Lipinski definition) is 2. The lowest BCUT2D eigenvalue weighted by Crippen LogP contribution is -2.52. The highest BCUT2D eigenvalue weighted by Crippen LogP contribution is 2.18. The van der Waals surface area contributed by atoms with Gasteiger partial charge in [0.15, 0.2) is 0 Å². The highest BCUT2D eigenvalue weighted by molar-refractivity contribution is 5.85. The summed E-state index contributed by atoms with van der Waals surface area (Å²) in [5.41, 5.74) is 5.78. The Morgan fingerprint density at radius 1 is 1.53 bits per heavy atom. The summed E-state index contributed by atoms with van der Waals surface area (Å²) in [4.78, 5) is 14.0. The van der Waals surface area contributed by atoms with Gasteiger partial charge in [0, 0.05) is 32.8 Å². The van der Waals surface area contributed by atoms with Crippen LogP contribution in [0.15, 0.2) is 0 Å². The molecule has 0 aromatic heterocycles. The fourth-order valence-corrected chi connectivity index (χ4v) is 2.29. The van der Waals surface area contributed by atoms with Gasteiger partial charge in [0.05, 0.1) is 12.6 Å². The molecule has 0 saturated carbocycles. The van der Waals surface area contributed by atoms with Gasteiger partial charge in [-0.05, 0) is 18.8 Å². The highest BCUT2D eigenvalue weighted by Gasteiger charge is 2.28. The Labute approximate surface area is 122 Å². The van der Waals surface area contributed by atoms with E-state index >= 15 is 0 Å². The molecule has 0 aliphatic carbocycles. The number of ether oxygens (including phenoxy) is 1. The van der Waals surface area contributed by atoms with Crippen molar-refractivity contribution in [1.29, 1.82) is 0 Å². The van der Waals surface area contributed by atoms with Gasteiger partial charge in [-0.2, -0.15) is 0 Å². The van der Waals surface area contributed by atoms with Crippen LogP contribution in [0.3, 0.4) is 0 Å². The molecule has 1 saturated heterocycles. The number of methoxy groups -OCH3 is 1. The number of likely N-dealkylation sites (tertiary alicyclic amines) is 1. The molecule has 0 aromatic carbocycles. The quantitative estimate of drug-likeness (QED) is 0.753. The first kappa shape index (κ1) is 18.6. The van der Waals surface area contributed by atoms with Crippen LogP contribution in [0.4, 0.5) is 0 Å². The molecule has 5 nitrogen and oxygen atoms in total. The first-order chi connectivity index (χ1) is 8.56. The molecule has 0 spiro atoms. The Morgan fingerprint density at radius 2 is 2.21 bits per heavy atom. The summed E-state index contributed by atoms with van der Waals surface area (Å²) in [5, 5.41) is 2.95. The summed E-state index contributed by atoms with van der Waals surface area (Å²) >= 11 is 0. The molecular weight excluding hydrogens is 266 g/mol. The lowest BCUT2D eigenvalue weighted by molar-refractivity contribution is -0.123. The van der Waals surface area contributed by atoms with E-state index in [9.17, 15) is 4.79 Å². The maximum absolute atomic E-state index is 11.8. The van der Waals surface area contributed by atoms with E-state index in [1.807, 2.05) is 0 Å². The fourth-order valence-electron chi connectivity index (χ4n) is 2.29. The van der Waals surface area contributed by atoms with Crippen LogP contribution in [0, 0.1) is 5.92 Å². The number of piperidine rings is 1. The van der Waals surface area contributed by atoms with E-state index in [1.165, 1.54) is 0 Å². The maximum Gasteiger partial charge on any atom is 0.234 e. The van der Waals surface area contributed by atoms with Gasteiger partial charge in [-0.3, -0.25) is 9.69 Å². The third-order valence-corrected chi connectivity index (χ3v) is 3.45. The van der Waals surface area contributed by atoms with Crippen molar-refractivity contribution in [2.24, 2.45) is 11.7 Å². The van der Waals surface area contributed by atoms with Crippen molar-refractivity contribution in [3.05, 3.63) is 0 Å². The van der Waals surface area contributed by atoms with E-state index in [2.05, 4.69) is 24.1 Å². The molecule has 0 aromatic rings. The number of amides is 1. The van der Waals surface area contributed by atoms with Gasteiger partial charge in [-0.15, -0.1) is 12.4 Å². The van der Waals surface area contributed by atoms with Crippen LogP contribution in [-0.4, -0.2) is 56.2 Å². The first-order valence-corrected chi connectivity index (χ1v) is 6.80. The average Bonchev–Trinajstić information content (AvgIpc) is 2.36. The third-order valence-electron chi connectivity index (χ3n) is 3.45. The molecule has 114 valence electrons. The number of carbonyl (C=O) groups excluding carboxylic acids is 1. The molecule has 2 atom stereocenters. The molecule has 1 amide bonds. The zero-order valence-corrected chi connectivity index (χ0v) is 13.0. The van der Waals surface area contributed by atoms with Crippen LogP contribution in [0.1, 0.15) is 26.7 Å². The molecule has 1 heterocycles. The fraction of sp³-hybridized carbons (Fsp3) is 0.923. The lowest BCUT2D eigenvalue weighted by atomic mass is 9.99. The molecule has 2 unspecified atom stereocenters. The predicted octanol–water partition coefficient (Wildman–Crippen LogP) is 0.619. The average molecular weight is 294 g/mol. The first-order valence-electron chi connectivity index (χ1n) is 6.80. The topological polar surface area (TPSA) is 67.6 Å². The minimum absolute atomic E-state index is 0. The molecule has 1 fully saturated rings. The molecule has 1 rings (SSSR count). The van der Waals surface area contributed by atoms with Crippen LogP contribution < -0.4 is 11.1 Å². The number of halogens is 1. The zero-order valence-electron chi connectivity index (χ0n) is 12.2. The van der Waals surface area contributed by atoms with Crippen molar-refractivity contribution < 1.29 is 9.53 Å². The summed E-state index contributed by atoms with van der Waals surface area (Å²) in [6.45, 7) is 6.83. The van der Waals surface area contributed by atoms with Gasteiger partial charge >= 0.3 is 0 Å². The molecule has 1 aliphatic heterocycles. The molecule has 0 bridgehead atoms. The highest BCUT2D eigenvalue weighted by atomic mass is 35.5. The summed E-state index contributed by atoms with van der Waals surface area (Å²) in [7, 11) is 1.74. The minimum atomic E-state index is 0. The Kier molecular flexibility index (Phi) is 9.35. The van der Waals surface area contributed by atoms with Gasteiger partial charge in [0.1, 0.15) is 0 Å². The number of carbonyl (C=O) groups is 1. The minimum Gasteiger partial charge on any atom is -0.381 e. The Balaban J connectivity index is 0.00000324. The molecular formula is C13H28ClN3O2. The Morgan fingerprint density at radius 3 is 2.74 bits per heavy atom. The largest absolute Gasteiger partial charge is 0.381 e. The van der Waals surface area contributed by atoms with Crippen molar-refractivity contribution in [2.45, 2.75) is 38.8 Å². The summed E-state index contributed by atoms with van der Waals surface area (Å²) in [6.07, 6.45) is 2.18. The summed E-state index contributed by atoms with van der Waals surface area (Å²) in [5.74, 6) is 0.580. The van der Waals surface area contributed by atoms with E-state index in [4.69, 9.17) is 10.5 Å². The molecule has 0 radical (unpaired) electrons. The van der Waals surface area contributed by atoms with Crippen molar-refractivity contribution in [1.82, 2.24) is 10.2 Å². The van der Waals surface area contributed by atoms with Crippen LogP contribution in [-0.2, 0) is 9.53 Å². The second-order valence-electron chi connectivity index (χ2n) is 5.44. The van der Waals surface area contributed by atoms with Gasteiger partial charge in [0.25, 0.3) is 0 Å². The monoisotopic (exact) mass is 293 g/mol. The molecule has 19 heavy (non-hydrogen) atoms. The second kappa shape index (κ2) is 9.53. The molecule has 1 aliphatic rings. The van der Waals surface area contributed by atoms with E-state index in [0.29, 0.717) is 19.0 Å². The number of nitrogens with zero attached hydrogens (tertiary/aromatic N) is 1.